The summed E-state index contributed by atoms with van der Waals surface area (Å²) < 4.78 is 10.4. The first kappa shape index (κ1) is 17.6. The Morgan fingerprint density at radius 3 is 2.52 bits per heavy atom. The van der Waals surface area contributed by atoms with E-state index in [-0.39, 0.29) is 24.4 Å². The Bertz CT molecular complexity index is 527. The van der Waals surface area contributed by atoms with Crippen molar-refractivity contribution in [3.63, 3.8) is 0 Å². The molecule has 23 heavy (non-hydrogen) atoms. The van der Waals surface area contributed by atoms with Gasteiger partial charge in [-0.05, 0) is 44.0 Å². The molecule has 0 saturated carbocycles. The van der Waals surface area contributed by atoms with Crippen molar-refractivity contribution >= 4 is 23.5 Å². The molecule has 1 heterocycles. The Morgan fingerprint density at radius 1 is 1.26 bits per heavy atom. The van der Waals surface area contributed by atoms with Gasteiger partial charge in [0.05, 0.1) is 12.5 Å². The van der Waals surface area contributed by atoms with Gasteiger partial charge >= 0.3 is 5.97 Å². The number of hydrogen-bond acceptors (Lipinski definition) is 5. The van der Waals surface area contributed by atoms with Gasteiger partial charge in [-0.25, -0.2) is 5.01 Å². The van der Waals surface area contributed by atoms with Crippen molar-refractivity contribution in [3.8, 4) is 5.75 Å². The van der Waals surface area contributed by atoms with Gasteiger partial charge in [-0.15, -0.1) is 0 Å². The predicted octanol–water partition coefficient (Wildman–Crippen LogP) is 2.03. The normalized spacial score (nSPS) is 15.9. The molecule has 1 saturated heterocycles. The van der Waals surface area contributed by atoms with Gasteiger partial charge in [0.1, 0.15) is 5.75 Å². The molecule has 7 heteroatoms. The molecule has 1 aliphatic heterocycles. The van der Waals surface area contributed by atoms with E-state index in [1.807, 2.05) is 5.01 Å². The maximum absolute atomic E-state index is 11.9. The van der Waals surface area contributed by atoms with Crippen LogP contribution in [0.25, 0.3) is 0 Å². The standard InChI is InChI=1S/C16H21ClN2O4/c1-2-22-16(21)12-7-9-19(10-8-12)18-15(20)11-23-14-5-3-13(17)4-6-14/h3-6,12H,2,7-11H2,1H3,(H,18,20). The van der Waals surface area contributed by atoms with Crippen LogP contribution in [0.3, 0.4) is 0 Å². The second kappa shape index (κ2) is 8.74. The van der Waals surface area contributed by atoms with E-state index in [0.29, 0.717) is 43.3 Å². The third kappa shape index (κ3) is 5.73. The molecular weight excluding hydrogens is 320 g/mol. The third-order valence-corrected chi connectivity index (χ3v) is 3.83. The van der Waals surface area contributed by atoms with Crippen LogP contribution in [0.2, 0.25) is 5.02 Å². The molecule has 1 aromatic rings. The monoisotopic (exact) mass is 340 g/mol. The first-order valence-electron chi connectivity index (χ1n) is 7.68. The summed E-state index contributed by atoms with van der Waals surface area (Å²) in [7, 11) is 0. The lowest BCUT2D eigenvalue weighted by Crippen LogP contribution is -2.49. The van der Waals surface area contributed by atoms with Crippen LogP contribution >= 0.6 is 11.6 Å². The molecule has 1 aromatic carbocycles. The van der Waals surface area contributed by atoms with Crippen molar-refractivity contribution in [2.45, 2.75) is 19.8 Å². The number of carbonyl (C=O) groups excluding carboxylic acids is 2. The quantitative estimate of drug-likeness (QED) is 0.802. The summed E-state index contributed by atoms with van der Waals surface area (Å²) in [6.45, 7) is 3.37. The molecule has 1 N–H and O–H groups in total. The van der Waals surface area contributed by atoms with E-state index in [9.17, 15) is 9.59 Å². The molecule has 0 radical (unpaired) electrons. The number of carbonyl (C=O) groups is 2. The first-order chi connectivity index (χ1) is 11.1. The van der Waals surface area contributed by atoms with Crippen LogP contribution in [0.5, 0.6) is 5.75 Å². The molecule has 1 fully saturated rings. The number of amides is 1. The fraction of sp³-hybridized carbons (Fsp3) is 0.500. The summed E-state index contributed by atoms with van der Waals surface area (Å²) in [5.74, 6) is 0.137. The van der Waals surface area contributed by atoms with Crippen molar-refractivity contribution in [3.05, 3.63) is 29.3 Å². The van der Waals surface area contributed by atoms with Crippen molar-refractivity contribution in [1.82, 2.24) is 10.4 Å². The molecule has 0 bridgehead atoms. The van der Waals surface area contributed by atoms with Crippen LogP contribution in [-0.2, 0) is 14.3 Å². The number of hydrazine groups is 1. The van der Waals surface area contributed by atoms with Crippen LogP contribution in [0, 0.1) is 5.92 Å². The largest absolute Gasteiger partial charge is 0.484 e. The highest BCUT2D eigenvalue weighted by atomic mass is 35.5. The van der Waals surface area contributed by atoms with E-state index in [1.54, 1.807) is 31.2 Å². The lowest BCUT2D eigenvalue weighted by molar-refractivity contribution is -0.150. The van der Waals surface area contributed by atoms with E-state index in [0.717, 1.165) is 0 Å². The van der Waals surface area contributed by atoms with Crippen molar-refractivity contribution < 1.29 is 19.1 Å². The second-order valence-electron chi connectivity index (χ2n) is 5.29. The van der Waals surface area contributed by atoms with Gasteiger partial charge in [-0.2, -0.15) is 0 Å². The van der Waals surface area contributed by atoms with E-state index >= 15 is 0 Å². The maximum atomic E-state index is 11.9. The Hall–Kier alpha value is -1.79. The Morgan fingerprint density at radius 2 is 1.91 bits per heavy atom. The van der Waals surface area contributed by atoms with Crippen LogP contribution < -0.4 is 10.2 Å². The summed E-state index contributed by atoms with van der Waals surface area (Å²) in [5.41, 5.74) is 2.78. The maximum Gasteiger partial charge on any atom is 0.309 e. The van der Waals surface area contributed by atoms with Gasteiger partial charge in [0, 0.05) is 18.1 Å². The number of ether oxygens (including phenoxy) is 2. The number of nitrogens with zero attached hydrogens (tertiary/aromatic N) is 1. The number of benzene rings is 1. The summed E-state index contributed by atoms with van der Waals surface area (Å²) in [6.07, 6.45) is 1.36. The Balaban J connectivity index is 1.68. The highest BCUT2D eigenvalue weighted by Crippen LogP contribution is 2.18. The Labute approximate surface area is 140 Å². The van der Waals surface area contributed by atoms with Gasteiger partial charge in [-0.1, -0.05) is 11.6 Å². The minimum Gasteiger partial charge on any atom is -0.484 e. The van der Waals surface area contributed by atoms with Crippen molar-refractivity contribution in [2.24, 2.45) is 5.92 Å². The smallest absolute Gasteiger partial charge is 0.309 e. The minimum absolute atomic E-state index is 0.0700. The lowest BCUT2D eigenvalue weighted by Gasteiger charge is -2.30. The fourth-order valence-electron chi connectivity index (χ4n) is 2.38. The first-order valence-corrected chi connectivity index (χ1v) is 8.05. The molecular formula is C16H21ClN2O4. The number of hydrogen-bond donors (Lipinski definition) is 1. The third-order valence-electron chi connectivity index (χ3n) is 3.58. The zero-order valence-electron chi connectivity index (χ0n) is 13.1. The van der Waals surface area contributed by atoms with Crippen LogP contribution in [0.4, 0.5) is 0 Å². The summed E-state index contributed by atoms with van der Waals surface area (Å²) in [6, 6.07) is 6.82. The molecule has 0 unspecified atom stereocenters. The van der Waals surface area contributed by atoms with Gasteiger partial charge < -0.3 is 9.47 Å². The van der Waals surface area contributed by atoms with Crippen molar-refractivity contribution in [1.29, 1.82) is 0 Å². The van der Waals surface area contributed by atoms with Crippen LogP contribution in [-0.4, -0.2) is 43.2 Å². The molecule has 2 rings (SSSR count). The zero-order valence-corrected chi connectivity index (χ0v) is 13.8. The van der Waals surface area contributed by atoms with Gasteiger partial charge in [-0.3, -0.25) is 15.0 Å². The fourth-order valence-corrected chi connectivity index (χ4v) is 2.50. The highest BCUT2D eigenvalue weighted by Gasteiger charge is 2.26. The summed E-state index contributed by atoms with van der Waals surface area (Å²) in [5, 5.41) is 2.43. The number of piperidine rings is 1. The Kier molecular flexibility index (Phi) is 6.67. The van der Waals surface area contributed by atoms with E-state index < -0.39 is 0 Å². The number of nitrogens with one attached hydrogen (secondary N) is 1. The van der Waals surface area contributed by atoms with Gasteiger partial charge in [0.15, 0.2) is 6.61 Å². The molecule has 0 atom stereocenters. The second-order valence-corrected chi connectivity index (χ2v) is 5.73. The molecule has 0 aliphatic carbocycles. The number of esters is 1. The molecule has 6 nitrogen and oxygen atoms in total. The lowest BCUT2D eigenvalue weighted by atomic mass is 9.98. The van der Waals surface area contributed by atoms with Gasteiger partial charge in [0.25, 0.3) is 5.91 Å². The predicted molar refractivity (Wildman–Crippen MR) is 86.0 cm³/mol. The molecule has 1 aliphatic rings. The van der Waals surface area contributed by atoms with Crippen LogP contribution in [0.15, 0.2) is 24.3 Å². The van der Waals surface area contributed by atoms with Crippen molar-refractivity contribution in [2.75, 3.05) is 26.3 Å². The molecule has 1 amide bonds. The molecule has 0 spiro atoms. The molecule has 126 valence electrons. The van der Waals surface area contributed by atoms with Crippen LogP contribution in [0.1, 0.15) is 19.8 Å². The number of halogens is 1. The SMILES string of the molecule is CCOC(=O)C1CCN(NC(=O)COc2ccc(Cl)cc2)CC1. The van der Waals surface area contributed by atoms with E-state index in [2.05, 4.69) is 5.43 Å². The minimum atomic E-state index is -0.227. The zero-order chi connectivity index (χ0) is 16.7. The summed E-state index contributed by atoms with van der Waals surface area (Å²) in [4.78, 5) is 23.5. The average molecular weight is 341 g/mol. The molecule has 0 aromatic heterocycles. The van der Waals surface area contributed by atoms with E-state index in [1.165, 1.54) is 0 Å². The van der Waals surface area contributed by atoms with E-state index in [4.69, 9.17) is 21.1 Å². The highest BCUT2D eigenvalue weighted by molar-refractivity contribution is 6.30. The number of rotatable bonds is 6. The topological polar surface area (TPSA) is 67.9 Å². The average Bonchev–Trinajstić information content (AvgIpc) is 2.55. The van der Waals surface area contributed by atoms with Gasteiger partial charge in [0.2, 0.25) is 0 Å². The summed E-state index contributed by atoms with van der Waals surface area (Å²) >= 11 is 5.78.